The summed E-state index contributed by atoms with van der Waals surface area (Å²) in [6.07, 6.45) is 0.739. The Hall–Kier alpha value is -1.88. The van der Waals surface area contributed by atoms with E-state index in [0.717, 1.165) is 23.3 Å². The molecule has 19 heavy (non-hydrogen) atoms. The monoisotopic (exact) mass is 261 g/mol. The lowest BCUT2D eigenvalue weighted by Crippen LogP contribution is -2.24. The molecule has 0 saturated heterocycles. The molecule has 0 aliphatic rings. The molecule has 1 heterocycles. The summed E-state index contributed by atoms with van der Waals surface area (Å²) in [5.41, 5.74) is 1.95. The lowest BCUT2D eigenvalue weighted by atomic mass is 10.1. The molecule has 1 aromatic heterocycles. The van der Waals surface area contributed by atoms with Gasteiger partial charge in [0.25, 0.3) is 5.89 Å². The van der Waals surface area contributed by atoms with E-state index in [0.29, 0.717) is 17.8 Å². The highest BCUT2D eigenvalue weighted by atomic mass is 16.5. The Morgan fingerprint density at radius 1 is 1.42 bits per heavy atom. The van der Waals surface area contributed by atoms with Crippen LogP contribution in [0.4, 0.5) is 0 Å². The van der Waals surface area contributed by atoms with Crippen molar-refractivity contribution < 1.29 is 9.26 Å². The molecule has 0 amide bonds. The number of likely N-dealkylation sites (N-methyl/N-ethyl adjacent to an activating group) is 1. The molecule has 0 spiro atoms. The van der Waals surface area contributed by atoms with Gasteiger partial charge in [-0.25, -0.2) is 0 Å². The highest BCUT2D eigenvalue weighted by molar-refractivity contribution is 5.57. The van der Waals surface area contributed by atoms with Crippen LogP contribution in [-0.4, -0.2) is 30.3 Å². The number of methoxy groups -OCH3 is 1. The van der Waals surface area contributed by atoms with Crippen molar-refractivity contribution in [3.8, 4) is 17.2 Å². The quantitative estimate of drug-likeness (QED) is 0.894. The summed E-state index contributed by atoms with van der Waals surface area (Å²) < 4.78 is 10.6. The summed E-state index contributed by atoms with van der Waals surface area (Å²) in [5, 5.41) is 7.14. The van der Waals surface area contributed by atoms with Crippen molar-refractivity contribution in [1.82, 2.24) is 15.5 Å². The molecule has 1 atom stereocenters. The lowest BCUT2D eigenvalue weighted by molar-refractivity contribution is 0.408. The Labute approximate surface area is 113 Å². The Morgan fingerprint density at radius 2 is 2.21 bits per heavy atom. The van der Waals surface area contributed by atoms with Crippen molar-refractivity contribution >= 4 is 0 Å². The SMILES string of the molecule is CNC(C)Cc1noc(-c2ccc(C)c(OC)c2)n1. The third kappa shape index (κ3) is 3.12. The Bertz CT molecular complexity index is 551. The van der Waals surface area contributed by atoms with E-state index >= 15 is 0 Å². The number of rotatable bonds is 5. The van der Waals surface area contributed by atoms with Gasteiger partial charge in [0.05, 0.1) is 7.11 Å². The molecular weight excluding hydrogens is 242 g/mol. The van der Waals surface area contributed by atoms with Crippen LogP contribution < -0.4 is 10.1 Å². The molecule has 1 aromatic carbocycles. The van der Waals surface area contributed by atoms with Gasteiger partial charge in [0.2, 0.25) is 0 Å². The van der Waals surface area contributed by atoms with Crippen molar-refractivity contribution in [3.63, 3.8) is 0 Å². The number of hydrogen-bond donors (Lipinski definition) is 1. The maximum atomic E-state index is 5.30. The van der Waals surface area contributed by atoms with Crippen molar-refractivity contribution in [2.75, 3.05) is 14.2 Å². The first-order valence-electron chi connectivity index (χ1n) is 6.29. The zero-order valence-electron chi connectivity index (χ0n) is 11.7. The van der Waals surface area contributed by atoms with Gasteiger partial charge in [-0.2, -0.15) is 4.98 Å². The normalized spacial score (nSPS) is 12.4. The van der Waals surface area contributed by atoms with Crippen LogP contribution in [0.3, 0.4) is 0 Å². The number of benzene rings is 1. The molecule has 0 aliphatic heterocycles. The Balaban J connectivity index is 2.22. The molecule has 0 saturated carbocycles. The molecule has 2 aromatic rings. The third-order valence-electron chi connectivity index (χ3n) is 3.10. The van der Waals surface area contributed by atoms with E-state index in [1.807, 2.05) is 32.2 Å². The maximum absolute atomic E-state index is 5.30. The van der Waals surface area contributed by atoms with Crippen molar-refractivity contribution in [2.24, 2.45) is 0 Å². The molecular formula is C14H19N3O2. The van der Waals surface area contributed by atoms with Gasteiger partial charge in [-0.1, -0.05) is 11.2 Å². The second-order valence-electron chi connectivity index (χ2n) is 4.59. The maximum Gasteiger partial charge on any atom is 0.258 e. The van der Waals surface area contributed by atoms with Gasteiger partial charge < -0.3 is 14.6 Å². The highest BCUT2D eigenvalue weighted by Crippen LogP contribution is 2.25. The number of nitrogens with zero attached hydrogens (tertiary/aromatic N) is 2. The summed E-state index contributed by atoms with van der Waals surface area (Å²) in [6, 6.07) is 6.16. The van der Waals surface area contributed by atoms with Crippen LogP contribution in [0.15, 0.2) is 22.7 Å². The van der Waals surface area contributed by atoms with Gasteiger partial charge in [-0.05, 0) is 38.6 Å². The van der Waals surface area contributed by atoms with Gasteiger partial charge in [-0.3, -0.25) is 0 Å². The van der Waals surface area contributed by atoms with Crippen LogP contribution in [0.25, 0.3) is 11.5 Å². The molecule has 1 unspecified atom stereocenters. The van der Waals surface area contributed by atoms with E-state index in [9.17, 15) is 0 Å². The van der Waals surface area contributed by atoms with E-state index in [-0.39, 0.29) is 0 Å². The van der Waals surface area contributed by atoms with Crippen LogP contribution in [-0.2, 0) is 6.42 Å². The number of hydrogen-bond acceptors (Lipinski definition) is 5. The molecule has 1 N–H and O–H groups in total. The smallest absolute Gasteiger partial charge is 0.258 e. The molecule has 0 aliphatic carbocycles. The predicted molar refractivity (Wildman–Crippen MR) is 73.2 cm³/mol. The van der Waals surface area contributed by atoms with E-state index in [4.69, 9.17) is 9.26 Å². The summed E-state index contributed by atoms with van der Waals surface area (Å²) in [4.78, 5) is 4.40. The summed E-state index contributed by atoms with van der Waals surface area (Å²) in [6.45, 7) is 4.07. The van der Waals surface area contributed by atoms with Crippen LogP contribution >= 0.6 is 0 Å². The molecule has 5 nitrogen and oxygen atoms in total. The fraction of sp³-hybridized carbons (Fsp3) is 0.429. The molecule has 102 valence electrons. The number of aryl methyl sites for hydroxylation is 1. The Kier molecular flexibility index (Phi) is 4.16. The average molecular weight is 261 g/mol. The lowest BCUT2D eigenvalue weighted by Gasteiger charge is -2.05. The van der Waals surface area contributed by atoms with E-state index in [1.165, 1.54) is 0 Å². The third-order valence-corrected chi connectivity index (χ3v) is 3.10. The van der Waals surface area contributed by atoms with Crippen molar-refractivity contribution in [3.05, 3.63) is 29.6 Å². The van der Waals surface area contributed by atoms with Crippen LogP contribution in [0.5, 0.6) is 5.75 Å². The summed E-state index contributed by atoms with van der Waals surface area (Å²) in [5.74, 6) is 2.05. The first kappa shape index (κ1) is 13.5. The zero-order valence-corrected chi connectivity index (χ0v) is 11.7. The minimum Gasteiger partial charge on any atom is -0.496 e. The zero-order chi connectivity index (χ0) is 13.8. The summed E-state index contributed by atoms with van der Waals surface area (Å²) >= 11 is 0. The van der Waals surface area contributed by atoms with E-state index in [1.54, 1.807) is 7.11 Å². The van der Waals surface area contributed by atoms with Gasteiger partial charge >= 0.3 is 0 Å². The minimum absolute atomic E-state index is 0.318. The average Bonchev–Trinajstić information content (AvgIpc) is 2.87. The first-order valence-corrected chi connectivity index (χ1v) is 6.29. The second kappa shape index (κ2) is 5.84. The highest BCUT2D eigenvalue weighted by Gasteiger charge is 2.12. The standard InChI is InChI=1S/C14H19N3O2/c1-9-5-6-11(8-12(9)18-4)14-16-13(17-19-14)7-10(2)15-3/h5-6,8,10,15H,7H2,1-4H3. The molecule has 2 rings (SSSR count). The van der Waals surface area contributed by atoms with Crippen molar-refractivity contribution in [1.29, 1.82) is 0 Å². The van der Waals surface area contributed by atoms with Gasteiger partial charge in [0.1, 0.15) is 5.75 Å². The van der Waals surface area contributed by atoms with Crippen LogP contribution in [0.2, 0.25) is 0 Å². The van der Waals surface area contributed by atoms with Gasteiger partial charge in [0, 0.05) is 18.0 Å². The Morgan fingerprint density at radius 3 is 2.89 bits per heavy atom. The largest absolute Gasteiger partial charge is 0.496 e. The van der Waals surface area contributed by atoms with Gasteiger partial charge in [-0.15, -0.1) is 0 Å². The van der Waals surface area contributed by atoms with E-state index in [2.05, 4.69) is 22.4 Å². The van der Waals surface area contributed by atoms with Gasteiger partial charge in [0.15, 0.2) is 5.82 Å². The topological polar surface area (TPSA) is 60.2 Å². The number of nitrogens with one attached hydrogen (secondary N) is 1. The number of aromatic nitrogens is 2. The van der Waals surface area contributed by atoms with Crippen LogP contribution in [0, 0.1) is 6.92 Å². The summed E-state index contributed by atoms with van der Waals surface area (Å²) in [7, 11) is 3.57. The molecule has 0 bridgehead atoms. The molecule has 0 fully saturated rings. The fourth-order valence-electron chi connectivity index (χ4n) is 1.78. The predicted octanol–water partition coefficient (Wildman–Crippen LogP) is 2.20. The molecule has 5 heteroatoms. The number of ether oxygens (including phenoxy) is 1. The minimum atomic E-state index is 0.318. The van der Waals surface area contributed by atoms with Crippen molar-refractivity contribution in [2.45, 2.75) is 26.3 Å². The van der Waals surface area contributed by atoms with Crippen LogP contribution in [0.1, 0.15) is 18.3 Å². The second-order valence-corrected chi connectivity index (χ2v) is 4.59. The first-order chi connectivity index (χ1) is 9.13. The molecule has 0 radical (unpaired) electrons. The van der Waals surface area contributed by atoms with E-state index < -0.39 is 0 Å². The fourth-order valence-corrected chi connectivity index (χ4v) is 1.78.